The molecule has 0 bridgehead atoms. The van der Waals surface area contributed by atoms with E-state index in [0.717, 1.165) is 40.8 Å². The highest BCUT2D eigenvalue weighted by molar-refractivity contribution is 6.02. The SMILES string of the molecule is CC[C@@H](CO)NC(=O)c1ccc(-c2cc(NC(=O)C3(c4ccc5c(c4)OCO5)CC3)ccc2C)cc1. The van der Waals surface area contributed by atoms with Gasteiger partial charge in [-0.1, -0.05) is 31.2 Å². The van der Waals surface area contributed by atoms with Crippen molar-refractivity contribution in [2.24, 2.45) is 0 Å². The number of fused-ring (bicyclic) bond motifs is 1. The standard InChI is InChI=1S/C29H30N2O5/c1-3-22(16-32)30-27(33)20-7-5-19(6-8-20)24-15-23(10-4-18(24)2)31-28(34)29(12-13-29)21-9-11-25-26(14-21)36-17-35-25/h4-11,14-15,22,32H,3,12-13,16-17H2,1-2H3,(H,30,33)(H,31,34)/t22-/m0/s1. The average Bonchev–Trinajstić information content (AvgIpc) is 3.59. The normalized spacial score (nSPS) is 15.8. The first-order valence-corrected chi connectivity index (χ1v) is 12.3. The number of benzene rings is 3. The molecule has 1 heterocycles. The van der Waals surface area contributed by atoms with Gasteiger partial charge < -0.3 is 25.2 Å². The Morgan fingerprint density at radius 2 is 1.75 bits per heavy atom. The van der Waals surface area contributed by atoms with Crippen LogP contribution in [0.3, 0.4) is 0 Å². The molecular formula is C29H30N2O5. The van der Waals surface area contributed by atoms with Crippen LogP contribution in [0.15, 0.2) is 60.7 Å². The summed E-state index contributed by atoms with van der Waals surface area (Å²) in [5.41, 5.74) is 4.65. The van der Waals surface area contributed by atoms with Gasteiger partial charge in [-0.15, -0.1) is 0 Å². The van der Waals surface area contributed by atoms with Crippen LogP contribution >= 0.6 is 0 Å². The lowest BCUT2D eigenvalue weighted by Gasteiger charge is -2.17. The monoisotopic (exact) mass is 486 g/mol. The number of ether oxygens (including phenoxy) is 2. The van der Waals surface area contributed by atoms with E-state index in [1.54, 1.807) is 12.1 Å². The van der Waals surface area contributed by atoms with Crippen LogP contribution in [0.2, 0.25) is 0 Å². The highest BCUT2D eigenvalue weighted by atomic mass is 16.7. The second-order valence-electron chi connectivity index (χ2n) is 9.47. The number of anilines is 1. The van der Waals surface area contributed by atoms with Gasteiger partial charge in [-0.3, -0.25) is 9.59 Å². The first-order valence-electron chi connectivity index (χ1n) is 12.3. The first-order chi connectivity index (χ1) is 17.4. The van der Waals surface area contributed by atoms with Crippen LogP contribution in [-0.2, 0) is 10.2 Å². The second kappa shape index (κ2) is 9.66. The van der Waals surface area contributed by atoms with E-state index in [1.165, 1.54) is 0 Å². The van der Waals surface area contributed by atoms with Crippen LogP contribution < -0.4 is 20.1 Å². The number of carbonyl (C=O) groups is 2. The van der Waals surface area contributed by atoms with Gasteiger partial charge in [0.2, 0.25) is 12.7 Å². The molecule has 186 valence electrons. The minimum Gasteiger partial charge on any atom is -0.454 e. The fourth-order valence-electron chi connectivity index (χ4n) is 4.57. The Kier molecular flexibility index (Phi) is 6.41. The molecule has 0 radical (unpaired) electrons. The third-order valence-electron chi connectivity index (χ3n) is 7.11. The molecule has 3 aromatic rings. The van der Waals surface area contributed by atoms with Crippen LogP contribution in [0.4, 0.5) is 5.69 Å². The van der Waals surface area contributed by atoms with Crippen molar-refractivity contribution in [2.75, 3.05) is 18.7 Å². The Labute approximate surface area is 210 Å². The van der Waals surface area contributed by atoms with E-state index < -0.39 is 5.41 Å². The molecule has 1 aliphatic heterocycles. The highest BCUT2D eigenvalue weighted by Crippen LogP contribution is 2.51. The predicted molar refractivity (Wildman–Crippen MR) is 137 cm³/mol. The zero-order valence-corrected chi connectivity index (χ0v) is 20.5. The Balaban J connectivity index is 1.32. The summed E-state index contributed by atoms with van der Waals surface area (Å²) in [7, 11) is 0. The summed E-state index contributed by atoms with van der Waals surface area (Å²) in [6, 6.07) is 18.7. The number of nitrogens with one attached hydrogen (secondary N) is 2. The molecule has 1 saturated carbocycles. The number of carbonyl (C=O) groups excluding carboxylic acids is 2. The van der Waals surface area contributed by atoms with E-state index in [1.807, 2.05) is 62.4 Å². The van der Waals surface area contributed by atoms with Gasteiger partial charge in [-0.25, -0.2) is 0 Å². The lowest BCUT2D eigenvalue weighted by molar-refractivity contribution is -0.118. The van der Waals surface area contributed by atoms with Crippen LogP contribution in [0.1, 0.15) is 47.7 Å². The van der Waals surface area contributed by atoms with Gasteiger partial charge in [0, 0.05) is 11.3 Å². The minimum absolute atomic E-state index is 0.0300. The quantitative estimate of drug-likeness (QED) is 0.434. The molecule has 2 amide bonds. The van der Waals surface area contributed by atoms with Crippen molar-refractivity contribution in [2.45, 2.75) is 44.6 Å². The molecule has 7 nitrogen and oxygen atoms in total. The number of amides is 2. The molecule has 0 saturated heterocycles. The summed E-state index contributed by atoms with van der Waals surface area (Å²) in [6.07, 6.45) is 2.24. The summed E-state index contributed by atoms with van der Waals surface area (Å²) in [5.74, 6) is 1.15. The maximum absolute atomic E-state index is 13.3. The van der Waals surface area contributed by atoms with Crippen LogP contribution in [0.5, 0.6) is 11.5 Å². The fraction of sp³-hybridized carbons (Fsp3) is 0.310. The van der Waals surface area contributed by atoms with Crippen molar-refractivity contribution in [1.29, 1.82) is 0 Å². The van der Waals surface area contributed by atoms with Gasteiger partial charge in [0.15, 0.2) is 11.5 Å². The molecule has 3 N–H and O–H groups in total. The first kappa shape index (κ1) is 23.9. The molecule has 7 heteroatoms. The Morgan fingerprint density at radius 3 is 2.44 bits per heavy atom. The summed E-state index contributed by atoms with van der Waals surface area (Å²) < 4.78 is 10.9. The van der Waals surface area contributed by atoms with Gasteiger partial charge in [-0.05, 0) is 84.8 Å². The molecular weight excluding hydrogens is 456 g/mol. The largest absolute Gasteiger partial charge is 0.454 e. The van der Waals surface area contributed by atoms with E-state index in [0.29, 0.717) is 23.5 Å². The molecule has 3 aromatic carbocycles. The number of aryl methyl sites for hydroxylation is 1. The zero-order valence-electron chi connectivity index (χ0n) is 20.5. The van der Waals surface area contributed by atoms with E-state index in [-0.39, 0.29) is 31.3 Å². The molecule has 1 fully saturated rings. The van der Waals surface area contributed by atoms with E-state index in [4.69, 9.17) is 9.47 Å². The summed E-state index contributed by atoms with van der Waals surface area (Å²) in [5, 5.41) is 15.3. The average molecular weight is 487 g/mol. The van der Waals surface area contributed by atoms with Crippen molar-refractivity contribution in [1.82, 2.24) is 5.32 Å². The zero-order chi connectivity index (χ0) is 25.3. The van der Waals surface area contributed by atoms with Gasteiger partial charge in [0.1, 0.15) is 0 Å². The number of aliphatic hydroxyl groups is 1. The number of aliphatic hydroxyl groups excluding tert-OH is 1. The maximum Gasteiger partial charge on any atom is 0.251 e. The van der Waals surface area contributed by atoms with Crippen molar-refractivity contribution in [3.05, 3.63) is 77.4 Å². The van der Waals surface area contributed by atoms with Crippen molar-refractivity contribution in [3.63, 3.8) is 0 Å². The molecule has 1 aliphatic carbocycles. The summed E-state index contributed by atoms with van der Waals surface area (Å²) >= 11 is 0. The fourth-order valence-corrected chi connectivity index (χ4v) is 4.57. The predicted octanol–water partition coefficient (Wildman–Crippen LogP) is 4.56. The topological polar surface area (TPSA) is 96.9 Å². The molecule has 36 heavy (non-hydrogen) atoms. The minimum atomic E-state index is -0.550. The van der Waals surface area contributed by atoms with Gasteiger partial charge >= 0.3 is 0 Å². The van der Waals surface area contributed by atoms with Gasteiger partial charge in [0.25, 0.3) is 5.91 Å². The molecule has 5 rings (SSSR count). The summed E-state index contributed by atoms with van der Waals surface area (Å²) in [6.45, 7) is 4.05. The molecule has 2 aliphatic rings. The van der Waals surface area contributed by atoms with E-state index in [9.17, 15) is 14.7 Å². The second-order valence-corrected chi connectivity index (χ2v) is 9.47. The van der Waals surface area contributed by atoms with Crippen molar-refractivity contribution in [3.8, 4) is 22.6 Å². The van der Waals surface area contributed by atoms with Crippen molar-refractivity contribution < 1.29 is 24.2 Å². The van der Waals surface area contributed by atoms with E-state index in [2.05, 4.69) is 10.6 Å². The van der Waals surface area contributed by atoms with Crippen LogP contribution in [-0.4, -0.2) is 36.4 Å². The molecule has 1 atom stereocenters. The highest BCUT2D eigenvalue weighted by Gasteiger charge is 2.51. The van der Waals surface area contributed by atoms with E-state index >= 15 is 0 Å². The van der Waals surface area contributed by atoms with Crippen LogP contribution in [0.25, 0.3) is 11.1 Å². The van der Waals surface area contributed by atoms with Gasteiger partial charge in [0.05, 0.1) is 18.1 Å². The maximum atomic E-state index is 13.3. The smallest absolute Gasteiger partial charge is 0.251 e. The van der Waals surface area contributed by atoms with Crippen molar-refractivity contribution >= 4 is 17.5 Å². The third kappa shape index (κ3) is 4.54. The third-order valence-corrected chi connectivity index (χ3v) is 7.11. The van der Waals surface area contributed by atoms with Crippen LogP contribution in [0, 0.1) is 6.92 Å². The lowest BCUT2D eigenvalue weighted by atomic mass is 9.94. The molecule has 0 aromatic heterocycles. The summed E-state index contributed by atoms with van der Waals surface area (Å²) in [4.78, 5) is 25.8. The molecule has 0 unspecified atom stereocenters. The lowest BCUT2D eigenvalue weighted by Crippen LogP contribution is -2.36. The molecule has 0 spiro atoms. The Morgan fingerprint density at radius 1 is 1.00 bits per heavy atom. The number of rotatable bonds is 8. The number of hydrogen-bond donors (Lipinski definition) is 3. The van der Waals surface area contributed by atoms with Gasteiger partial charge in [-0.2, -0.15) is 0 Å². The Bertz CT molecular complexity index is 1290. The Hall–Kier alpha value is -3.84. The number of hydrogen-bond acceptors (Lipinski definition) is 5.